The van der Waals surface area contributed by atoms with Crippen molar-refractivity contribution >= 4 is 11.6 Å². The van der Waals surface area contributed by atoms with Crippen LogP contribution in [0.15, 0.2) is 30.3 Å². The minimum Gasteiger partial charge on any atom is -0.370 e. The van der Waals surface area contributed by atoms with E-state index in [2.05, 4.69) is 58.7 Å². The van der Waals surface area contributed by atoms with Crippen LogP contribution >= 0.6 is 0 Å². The fraction of sp³-hybridized carbons (Fsp3) is 0.412. The molecule has 0 unspecified atom stereocenters. The molecule has 21 heavy (non-hydrogen) atoms. The lowest BCUT2D eigenvalue weighted by molar-refractivity contribution is 0.946. The summed E-state index contributed by atoms with van der Waals surface area (Å²) in [6, 6.07) is 10.6. The van der Waals surface area contributed by atoms with E-state index in [1.54, 1.807) is 0 Å². The molecule has 0 aliphatic rings. The summed E-state index contributed by atoms with van der Waals surface area (Å²) in [7, 11) is 0. The van der Waals surface area contributed by atoms with Gasteiger partial charge in [0.25, 0.3) is 0 Å². The molecule has 0 fully saturated rings. The Kier molecular flexibility index (Phi) is 5.55. The molecule has 0 atom stereocenters. The highest BCUT2D eigenvalue weighted by Gasteiger charge is 2.01. The smallest absolute Gasteiger partial charge is 0.131 e. The van der Waals surface area contributed by atoms with Crippen molar-refractivity contribution in [2.75, 3.05) is 23.7 Å². The van der Waals surface area contributed by atoms with Gasteiger partial charge in [-0.2, -0.15) is 0 Å². The second-order valence-corrected chi connectivity index (χ2v) is 5.28. The van der Waals surface area contributed by atoms with E-state index >= 15 is 0 Å². The van der Waals surface area contributed by atoms with Crippen molar-refractivity contribution in [3.63, 3.8) is 0 Å². The van der Waals surface area contributed by atoms with Crippen molar-refractivity contribution in [2.45, 2.75) is 33.6 Å². The molecular weight excluding hydrogens is 260 g/mol. The largest absolute Gasteiger partial charge is 0.370 e. The molecule has 0 radical (unpaired) electrons. The van der Waals surface area contributed by atoms with Gasteiger partial charge in [0.2, 0.25) is 0 Å². The number of hydrogen-bond donors (Lipinski definition) is 2. The Balaban J connectivity index is 1.91. The summed E-state index contributed by atoms with van der Waals surface area (Å²) >= 11 is 0. The molecule has 2 aromatic rings. The van der Waals surface area contributed by atoms with Crippen LogP contribution in [-0.4, -0.2) is 23.1 Å². The Hall–Kier alpha value is -2.10. The third-order valence-electron chi connectivity index (χ3n) is 3.20. The molecule has 4 heteroatoms. The predicted octanol–water partition coefficient (Wildman–Crippen LogP) is 3.57. The van der Waals surface area contributed by atoms with Crippen LogP contribution in [0.5, 0.6) is 0 Å². The van der Waals surface area contributed by atoms with Gasteiger partial charge in [-0.05, 0) is 32.3 Å². The van der Waals surface area contributed by atoms with E-state index in [0.29, 0.717) is 0 Å². The van der Waals surface area contributed by atoms with Crippen LogP contribution < -0.4 is 10.6 Å². The summed E-state index contributed by atoms with van der Waals surface area (Å²) in [6.45, 7) is 7.98. The molecule has 0 amide bonds. The van der Waals surface area contributed by atoms with Gasteiger partial charge in [0.05, 0.1) is 0 Å². The number of aryl methyl sites for hydroxylation is 2. The molecule has 0 bridgehead atoms. The first kappa shape index (κ1) is 15.3. The van der Waals surface area contributed by atoms with Crippen molar-refractivity contribution in [2.24, 2.45) is 0 Å². The van der Waals surface area contributed by atoms with Crippen LogP contribution in [0.2, 0.25) is 0 Å². The number of benzene rings is 1. The van der Waals surface area contributed by atoms with Crippen molar-refractivity contribution in [1.82, 2.24) is 9.97 Å². The first-order valence-electron chi connectivity index (χ1n) is 7.56. The van der Waals surface area contributed by atoms with E-state index in [1.807, 2.05) is 13.0 Å². The number of nitrogens with zero attached hydrogens (tertiary/aromatic N) is 2. The number of nitrogens with one attached hydrogen (secondary N) is 2. The van der Waals surface area contributed by atoms with Crippen LogP contribution in [0.25, 0.3) is 0 Å². The molecule has 2 rings (SSSR count). The minimum absolute atomic E-state index is 0.786. The maximum Gasteiger partial charge on any atom is 0.131 e. The molecule has 112 valence electrons. The van der Waals surface area contributed by atoms with E-state index in [0.717, 1.165) is 43.4 Å². The van der Waals surface area contributed by atoms with Gasteiger partial charge < -0.3 is 10.6 Å². The van der Waals surface area contributed by atoms with Gasteiger partial charge in [-0.25, -0.2) is 9.97 Å². The lowest BCUT2D eigenvalue weighted by Gasteiger charge is -2.10. The van der Waals surface area contributed by atoms with Gasteiger partial charge in [-0.15, -0.1) is 0 Å². The first-order valence-corrected chi connectivity index (χ1v) is 7.56. The van der Waals surface area contributed by atoms with Crippen LogP contribution in [0, 0.1) is 13.8 Å². The summed E-state index contributed by atoms with van der Waals surface area (Å²) in [6.07, 6.45) is 2.07. The summed E-state index contributed by atoms with van der Waals surface area (Å²) in [4.78, 5) is 8.82. The lowest BCUT2D eigenvalue weighted by atomic mass is 10.1. The Bertz CT molecular complexity index is 581. The van der Waals surface area contributed by atoms with Crippen LogP contribution in [0.1, 0.15) is 30.3 Å². The number of hydrogen-bond acceptors (Lipinski definition) is 4. The van der Waals surface area contributed by atoms with Crippen molar-refractivity contribution < 1.29 is 0 Å². The van der Waals surface area contributed by atoms with Gasteiger partial charge in [-0.1, -0.05) is 36.8 Å². The quantitative estimate of drug-likeness (QED) is 0.816. The second-order valence-electron chi connectivity index (χ2n) is 5.28. The zero-order valence-corrected chi connectivity index (χ0v) is 13.1. The summed E-state index contributed by atoms with van der Waals surface area (Å²) < 4.78 is 0. The normalized spacial score (nSPS) is 10.4. The molecule has 0 spiro atoms. The zero-order valence-electron chi connectivity index (χ0n) is 13.1. The molecule has 2 N–H and O–H groups in total. The Morgan fingerprint density at radius 3 is 2.33 bits per heavy atom. The van der Waals surface area contributed by atoms with Crippen molar-refractivity contribution in [1.29, 1.82) is 0 Å². The fourth-order valence-corrected chi connectivity index (χ4v) is 2.20. The SMILES string of the molecule is CCCNc1cc(NCCc2cccc(C)c2)nc(C)n1. The van der Waals surface area contributed by atoms with Gasteiger partial charge in [0, 0.05) is 19.2 Å². The van der Waals surface area contributed by atoms with E-state index in [-0.39, 0.29) is 0 Å². The van der Waals surface area contributed by atoms with Gasteiger partial charge in [0.1, 0.15) is 17.5 Å². The van der Waals surface area contributed by atoms with E-state index < -0.39 is 0 Å². The zero-order chi connectivity index (χ0) is 15.1. The third-order valence-corrected chi connectivity index (χ3v) is 3.20. The van der Waals surface area contributed by atoms with Crippen LogP contribution in [-0.2, 0) is 6.42 Å². The molecular formula is C17H24N4. The highest BCUT2D eigenvalue weighted by molar-refractivity contribution is 5.47. The molecule has 1 aromatic carbocycles. The number of rotatable bonds is 7. The molecule has 0 saturated carbocycles. The van der Waals surface area contributed by atoms with Crippen molar-refractivity contribution in [3.05, 3.63) is 47.3 Å². The van der Waals surface area contributed by atoms with E-state index in [4.69, 9.17) is 0 Å². The number of anilines is 2. The maximum atomic E-state index is 4.43. The molecule has 0 saturated heterocycles. The highest BCUT2D eigenvalue weighted by Crippen LogP contribution is 2.11. The molecule has 1 aromatic heterocycles. The maximum absolute atomic E-state index is 4.43. The molecule has 1 heterocycles. The second kappa shape index (κ2) is 7.62. The summed E-state index contributed by atoms with van der Waals surface area (Å²) in [5, 5.41) is 6.68. The fourth-order valence-electron chi connectivity index (χ4n) is 2.20. The van der Waals surface area contributed by atoms with E-state index in [1.165, 1.54) is 11.1 Å². The first-order chi connectivity index (χ1) is 10.2. The van der Waals surface area contributed by atoms with E-state index in [9.17, 15) is 0 Å². The monoisotopic (exact) mass is 284 g/mol. The standard InChI is InChI=1S/C17H24N4/c1-4-9-18-16-12-17(21-14(3)20-16)19-10-8-15-7-5-6-13(2)11-15/h5-7,11-12H,4,8-10H2,1-3H3,(H2,18,19,20,21). The molecule has 0 aliphatic heterocycles. The van der Waals surface area contributed by atoms with Crippen LogP contribution in [0.4, 0.5) is 11.6 Å². The third kappa shape index (κ3) is 5.06. The van der Waals surface area contributed by atoms with Gasteiger partial charge >= 0.3 is 0 Å². The molecule has 0 aliphatic carbocycles. The lowest BCUT2D eigenvalue weighted by Crippen LogP contribution is -2.09. The molecule has 4 nitrogen and oxygen atoms in total. The number of aromatic nitrogens is 2. The Morgan fingerprint density at radius 2 is 1.67 bits per heavy atom. The van der Waals surface area contributed by atoms with Gasteiger partial charge in [0.15, 0.2) is 0 Å². The summed E-state index contributed by atoms with van der Waals surface area (Å²) in [5.41, 5.74) is 2.65. The van der Waals surface area contributed by atoms with Crippen LogP contribution in [0.3, 0.4) is 0 Å². The predicted molar refractivity (Wildman–Crippen MR) is 88.9 cm³/mol. The summed E-state index contributed by atoms with van der Waals surface area (Å²) in [5.74, 6) is 2.56. The van der Waals surface area contributed by atoms with Crippen molar-refractivity contribution in [3.8, 4) is 0 Å². The minimum atomic E-state index is 0.786. The average Bonchev–Trinajstić information content (AvgIpc) is 2.45. The topological polar surface area (TPSA) is 49.8 Å². The Labute approximate surface area is 127 Å². The average molecular weight is 284 g/mol. The highest BCUT2D eigenvalue weighted by atomic mass is 15.1. The Morgan fingerprint density at radius 1 is 0.952 bits per heavy atom. The van der Waals surface area contributed by atoms with Gasteiger partial charge in [-0.3, -0.25) is 0 Å².